The molecule has 2 unspecified atom stereocenters. The molecule has 2 aromatic heterocycles. The Morgan fingerprint density at radius 2 is 1.78 bits per heavy atom. The van der Waals surface area contributed by atoms with Gasteiger partial charge < -0.3 is 19.5 Å². The minimum absolute atomic E-state index is 0.127. The summed E-state index contributed by atoms with van der Waals surface area (Å²) in [6, 6.07) is 4.60. The molecule has 1 fully saturated rings. The Bertz CT molecular complexity index is 1360. The quantitative estimate of drug-likeness (QED) is 0.382. The Balaban J connectivity index is 1.79. The topological polar surface area (TPSA) is 159 Å². The van der Waals surface area contributed by atoms with Gasteiger partial charge in [-0.25, -0.2) is 18.4 Å². The fourth-order valence-corrected chi connectivity index (χ4v) is 5.26. The van der Waals surface area contributed by atoms with E-state index in [0.29, 0.717) is 40.9 Å². The summed E-state index contributed by atoms with van der Waals surface area (Å²) in [5, 5.41) is 10.3. The van der Waals surface area contributed by atoms with Gasteiger partial charge in [-0.1, -0.05) is 17.7 Å². The largest absolute Gasteiger partial charge is 0.494 e. The van der Waals surface area contributed by atoms with Gasteiger partial charge in [-0.2, -0.15) is 0 Å². The second-order valence-corrected chi connectivity index (χ2v) is 10.6. The highest BCUT2D eigenvalue weighted by atomic mass is 35.5. The molecule has 3 aromatic rings. The molecule has 0 bridgehead atoms. The van der Waals surface area contributed by atoms with Crippen LogP contribution in [-0.2, 0) is 19.6 Å². The lowest BCUT2D eigenvalue weighted by atomic mass is 10.2. The summed E-state index contributed by atoms with van der Waals surface area (Å²) in [5.41, 5.74) is 0.364. The molecule has 1 saturated heterocycles. The number of para-hydroxylation sites is 1. The number of aromatic nitrogens is 5. The second-order valence-electron chi connectivity index (χ2n) is 8.16. The van der Waals surface area contributed by atoms with Crippen molar-refractivity contribution in [3.8, 4) is 17.2 Å². The predicted molar refractivity (Wildman–Crippen MR) is 133 cm³/mol. The third-order valence-electron chi connectivity index (χ3n) is 5.92. The molecular formula is C22H26ClN7O6S. The molecule has 13 nitrogen and oxygen atoms in total. The number of sulfonamides is 1. The average Bonchev–Trinajstić information content (AvgIpc) is 3.50. The molecular weight excluding hydrogens is 526 g/mol. The number of carbonyl (C=O) groups excluding carboxylic acids is 1. The first kappa shape index (κ1) is 26.6. The van der Waals surface area contributed by atoms with E-state index in [1.807, 2.05) is 0 Å². The number of hydrogen-bond acceptors (Lipinski definition) is 10. The summed E-state index contributed by atoms with van der Waals surface area (Å²) < 4.78 is 47.6. The van der Waals surface area contributed by atoms with E-state index in [4.69, 9.17) is 25.8 Å². The van der Waals surface area contributed by atoms with E-state index in [1.54, 1.807) is 18.2 Å². The van der Waals surface area contributed by atoms with Crippen LogP contribution in [0, 0.1) is 0 Å². The standard InChI is InChI=1S/C22H26ClN7O6S/c1-12(19(36-4)20-24-10-13(23)11-25-20)37(32,33)29-22-28-27-21(14-8-9-17(31)26-14)30(22)18-15(34-2)6-5-7-16(18)35-3/h5-7,10-12,14,19H,8-9H2,1-4H3,(H,26,31)(H,28,29)/t12?,14-,19?/m1/s1. The van der Waals surface area contributed by atoms with E-state index in [1.165, 1.54) is 45.2 Å². The number of nitrogens with zero attached hydrogens (tertiary/aromatic N) is 5. The van der Waals surface area contributed by atoms with Crippen molar-refractivity contribution in [2.45, 2.75) is 37.2 Å². The van der Waals surface area contributed by atoms with E-state index in [0.717, 1.165) is 0 Å². The number of benzene rings is 1. The van der Waals surface area contributed by atoms with Gasteiger partial charge >= 0.3 is 0 Å². The van der Waals surface area contributed by atoms with Gasteiger partial charge in [0.25, 0.3) is 0 Å². The molecule has 37 heavy (non-hydrogen) atoms. The molecule has 2 N–H and O–H groups in total. The number of halogens is 1. The number of anilines is 1. The highest BCUT2D eigenvalue weighted by Crippen LogP contribution is 2.38. The van der Waals surface area contributed by atoms with Crippen LogP contribution in [0.25, 0.3) is 5.69 Å². The van der Waals surface area contributed by atoms with Gasteiger partial charge in [0.15, 0.2) is 11.6 Å². The van der Waals surface area contributed by atoms with Crippen molar-refractivity contribution in [2.75, 3.05) is 26.1 Å². The summed E-state index contributed by atoms with van der Waals surface area (Å²) >= 11 is 5.87. The van der Waals surface area contributed by atoms with Crippen LogP contribution in [0.15, 0.2) is 30.6 Å². The third-order valence-corrected chi connectivity index (χ3v) is 7.81. The summed E-state index contributed by atoms with van der Waals surface area (Å²) in [6.07, 6.45) is 2.46. The van der Waals surface area contributed by atoms with Crippen molar-refractivity contribution in [3.05, 3.63) is 47.3 Å². The number of methoxy groups -OCH3 is 3. The van der Waals surface area contributed by atoms with Gasteiger partial charge in [0.2, 0.25) is 21.9 Å². The minimum atomic E-state index is -4.15. The van der Waals surface area contributed by atoms with E-state index >= 15 is 0 Å². The zero-order valence-corrected chi connectivity index (χ0v) is 22.1. The van der Waals surface area contributed by atoms with Crippen LogP contribution in [0.5, 0.6) is 11.5 Å². The molecule has 3 atom stereocenters. The summed E-state index contributed by atoms with van der Waals surface area (Å²) in [6.45, 7) is 1.46. The van der Waals surface area contributed by atoms with Gasteiger partial charge in [-0.3, -0.25) is 14.1 Å². The number of rotatable bonds is 10. The first-order chi connectivity index (χ1) is 17.7. The maximum atomic E-state index is 13.5. The highest BCUT2D eigenvalue weighted by molar-refractivity contribution is 7.93. The van der Waals surface area contributed by atoms with Gasteiger partial charge in [-0.15, -0.1) is 10.2 Å². The van der Waals surface area contributed by atoms with Gasteiger partial charge in [0.1, 0.15) is 28.5 Å². The van der Waals surface area contributed by atoms with E-state index in [9.17, 15) is 13.2 Å². The fourth-order valence-electron chi connectivity index (χ4n) is 4.03. The zero-order valence-electron chi connectivity index (χ0n) is 20.5. The lowest BCUT2D eigenvalue weighted by molar-refractivity contribution is -0.119. The van der Waals surface area contributed by atoms with Crippen LogP contribution in [0.4, 0.5) is 5.95 Å². The van der Waals surface area contributed by atoms with Crippen LogP contribution < -0.4 is 19.5 Å². The van der Waals surface area contributed by atoms with Crippen LogP contribution in [0.1, 0.15) is 43.6 Å². The number of nitrogens with one attached hydrogen (secondary N) is 2. The van der Waals surface area contributed by atoms with Crippen molar-refractivity contribution in [1.82, 2.24) is 30.0 Å². The first-order valence-electron chi connectivity index (χ1n) is 11.2. The Kier molecular flexibility index (Phi) is 7.80. The highest BCUT2D eigenvalue weighted by Gasteiger charge is 2.36. The maximum Gasteiger partial charge on any atom is 0.243 e. The lowest BCUT2D eigenvalue weighted by Crippen LogP contribution is -2.33. The van der Waals surface area contributed by atoms with Crippen molar-refractivity contribution in [3.63, 3.8) is 0 Å². The molecule has 4 rings (SSSR count). The monoisotopic (exact) mass is 551 g/mol. The molecule has 0 spiro atoms. The van der Waals surface area contributed by atoms with Crippen LogP contribution >= 0.6 is 11.6 Å². The number of hydrogen-bond donors (Lipinski definition) is 2. The fraction of sp³-hybridized carbons (Fsp3) is 0.409. The van der Waals surface area contributed by atoms with Crippen LogP contribution in [0.3, 0.4) is 0 Å². The van der Waals surface area contributed by atoms with E-state index in [-0.39, 0.29) is 17.7 Å². The van der Waals surface area contributed by atoms with Gasteiger partial charge in [0, 0.05) is 25.9 Å². The van der Waals surface area contributed by atoms with E-state index in [2.05, 4.69) is 30.2 Å². The van der Waals surface area contributed by atoms with Gasteiger partial charge in [-0.05, 0) is 25.5 Å². The molecule has 1 aliphatic heterocycles. The minimum Gasteiger partial charge on any atom is -0.494 e. The molecule has 0 radical (unpaired) electrons. The number of carbonyl (C=O) groups is 1. The molecule has 198 valence electrons. The number of ether oxygens (including phenoxy) is 3. The normalized spacial score (nSPS) is 17.2. The first-order valence-corrected chi connectivity index (χ1v) is 13.1. The summed E-state index contributed by atoms with van der Waals surface area (Å²) in [4.78, 5) is 20.1. The summed E-state index contributed by atoms with van der Waals surface area (Å²) in [7, 11) is 0.151. The smallest absolute Gasteiger partial charge is 0.243 e. The second kappa shape index (κ2) is 10.9. The van der Waals surface area contributed by atoms with Crippen molar-refractivity contribution in [2.24, 2.45) is 0 Å². The van der Waals surface area contributed by atoms with E-state index < -0.39 is 27.4 Å². The predicted octanol–water partition coefficient (Wildman–Crippen LogP) is 2.20. The maximum absolute atomic E-state index is 13.5. The molecule has 1 aliphatic rings. The zero-order chi connectivity index (χ0) is 26.7. The van der Waals surface area contributed by atoms with Crippen LogP contribution in [-0.4, -0.2) is 65.6 Å². The average molecular weight is 552 g/mol. The van der Waals surface area contributed by atoms with Crippen molar-refractivity contribution >= 4 is 33.5 Å². The third kappa shape index (κ3) is 5.31. The lowest BCUT2D eigenvalue weighted by Gasteiger charge is -2.23. The van der Waals surface area contributed by atoms with Gasteiger partial charge in [0.05, 0.1) is 25.3 Å². The Labute approximate surface area is 218 Å². The SMILES string of the molecule is COc1cccc(OC)c1-n1c(NS(=O)(=O)C(C)C(OC)c2ncc(Cl)cn2)nnc1[C@H]1CCC(=O)N1. The van der Waals surface area contributed by atoms with Crippen molar-refractivity contribution in [1.29, 1.82) is 0 Å². The molecule has 0 aliphatic carbocycles. The van der Waals surface area contributed by atoms with Crippen molar-refractivity contribution < 1.29 is 27.4 Å². The molecule has 1 aromatic carbocycles. The molecule has 1 amide bonds. The molecule has 15 heteroatoms. The Hall–Kier alpha value is -3.49. The molecule has 0 saturated carbocycles. The molecule has 3 heterocycles. The number of amides is 1. The van der Waals surface area contributed by atoms with Crippen LogP contribution in [0.2, 0.25) is 5.02 Å². The Morgan fingerprint density at radius 1 is 1.14 bits per heavy atom. The Morgan fingerprint density at radius 3 is 2.32 bits per heavy atom. The summed E-state index contributed by atoms with van der Waals surface area (Å²) in [5.74, 6) is 0.936.